The minimum absolute atomic E-state index is 0.0828. The number of benzene rings is 2. The first-order valence-corrected chi connectivity index (χ1v) is 12.0. The summed E-state index contributed by atoms with van der Waals surface area (Å²) in [7, 11) is 0. The fourth-order valence-corrected chi connectivity index (χ4v) is 4.37. The Morgan fingerprint density at radius 1 is 1.20 bits per heavy atom. The topological polar surface area (TPSA) is 118 Å². The number of alkyl carbamates (subject to hydrolysis) is 1. The highest BCUT2D eigenvalue weighted by molar-refractivity contribution is 9.11. The Morgan fingerprint density at radius 2 is 1.94 bits per heavy atom. The van der Waals surface area contributed by atoms with Gasteiger partial charge in [-0.25, -0.2) is 15.2 Å². The van der Waals surface area contributed by atoms with E-state index in [0.29, 0.717) is 32.6 Å². The number of amides is 2. The number of nitrogens with one attached hydrogen (secondary N) is 3. The van der Waals surface area contributed by atoms with Gasteiger partial charge in [0.15, 0.2) is 0 Å². The Bertz CT molecular complexity index is 1150. The van der Waals surface area contributed by atoms with E-state index < -0.39 is 18.0 Å². The van der Waals surface area contributed by atoms with Crippen molar-refractivity contribution < 1.29 is 19.1 Å². The van der Waals surface area contributed by atoms with E-state index in [1.807, 2.05) is 30.3 Å². The van der Waals surface area contributed by atoms with Crippen molar-refractivity contribution in [2.75, 3.05) is 6.61 Å². The zero-order chi connectivity index (χ0) is 25.0. The number of imidazole rings is 1. The number of hydrazone groups is 1. The van der Waals surface area contributed by atoms with Gasteiger partial charge >= 0.3 is 6.09 Å². The van der Waals surface area contributed by atoms with Gasteiger partial charge in [0, 0.05) is 18.3 Å². The van der Waals surface area contributed by atoms with Gasteiger partial charge in [0.2, 0.25) is 0 Å². The van der Waals surface area contributed by atoms with Gasteiger partial charge < -0.3 is 19.8 Å². The number of carbonyl (C=O) groups is 2. The van der Waals surface area contributed by atoms with E-state index in [1.54, 1.807) is 24.4 Å². The molecule has 0 bridgehead atoms. The Hall–Kier alpha value is -3.44. The molecular formula is C24H23Br2N5O4. The van der Waals surface area contributed by atoms with Gasteiger partial charge in [-0.3, -0.25) is 4.79 Å². The van der Waals surface area contributed by atoms with Gasteiger partial charge in [0.05, 0.1) is 21.5 Å². The molecule has 11 heteroatoms. The summed E-state index contributed by atoms with van der Waals surface area (Å²) in [6.07, 6.45) is 5.65. The summed E-state index contributed by atoms with van der Waals surface area (Å²) in [4.78, 5) is 32.0. The summed E-state index contributed by atoms with van der Waals surface area (Å²) >= 11 is 6.91. The number of nitrogens with zero attached hydrogens (tertiary/aromatic N) is 2. The van der Waals surface area contributed by atoms with Crippen LogP contribution in [0.25, 0.3) is 0 Å². The van der Waals surface area contributed by atoms with Gasteiger partial charge in [-0.15, -0.1) is 0 Å². The molecule has 2 aromatic carbocycles. The number of halogens is 2. The summed E-state index contributed by atoms with van der Waals surface area (Å²) in [6.45, 7) is 4.08. The van der Waals surface area contributed by atoms with Crippen molar-refractivity contribution in [3.05, 3.63) is 93.4 Å². The molecule has 0 aliphatic rings. The third-order valence-corrected chi connectivity index (χ3v) is 5.73. The van der Waals surface area contributed by atoms with Crippen LogP contribution in [0.2, 0.25) is 0 Å². The van der Waals surface area contributed by atoms with E-state index in [0.717, 1.165) is 5.56 Å². The maximum atomic E-state index is 12.8. The molecular weight excluding hydrogens is 582 g/mol. The summed E-state index contributed by atoms with van der Waals surface area (Å²) in [5.41, 5.74) is 4.67. The first-order chi connectivity index (χ1) is 17.0. The molecule has 3 aromatic rings. The van der Waals surface area contributed by atoms with Crippen molar-refractivity contribution >= 4 is 50.1 Å². The molecule has 0 spiro atoms. The van der Waals surface area contributed by atoms with Crippen LogP contribution in [-0.2, 0) is 22.6 Å². The minimum atomic E-state index is -0.941. The van der Waals surface area contributed by atoms with Crippen LogP contribution >= 0.6 is 31.9 Å². The van der Waals surface area contributed by atoms with Gasteiger partial charge in [-0.05, 0) is 55.1 Å². The number of aromatic amines is 1. The molecule has 35 heavy (non-hydrogen) atoms. The number of ether oxygens (including phenoxy) is 2. The predicted molar refractivity (Wildman–Crippen MR) is 139 cm³/mol. The fraction of sp³-hybridized carbons (Fsp3) is 0.167. The second-order valence-electron chi connectivity index (χ2n) is 7.19. The lowest BCUT2D eigenvalue weighted by Crippen LogP contribution is -2.47. The van der Waals surface area contributed by atoms with Crippen LogP contribution in [0.5, 0.6) is 5.75 Å². The number of aromatic nitrogens is 2. The van der Waals surface area contributed by atoms with Gasteiger partial charge in [0.1, 0.15) is 25.0 Å². The first-order valence-electron chi connectivity index (χ1n) is 10.5. The largest absolute Gasteiger partial charge is 0.487 e. The van der Waals surface area contributed by atoms with Crippen LogP contribution in [0.15, 0.2) is 81.7 Å². The third-order valence-electron chi connectivity index (χ3n) is 4.55. The highest BCUT2D eigenvalue weighted by Gasteiger charge is 2.22. The van der Waals surface area contributed by atoms with Gasteiger partial charge in [-0.2, -0.15) is 5.10 Å². The molecule has 0 aliphatic heterocycles. The lowest BCUT2D eigenvalue weighted by Gasteiger charge is -2.16. The molecule has 0 saturated carbocycles. The molecule has 182 valence electrons. The molecule has 3 N–H and O–H groups in total. The van der Waals surface area contributed by atoms with E-state index >= 15 is 0 Å². The minimum Gasteiger partial charge on any atom is -0.487 e. The highest BCUT2D eigenvalue weighted by atomic mass is 79.9. The molecule has 0 unspecified atom stereocenters. The molecule has 0 aliphatic carbocycles. The number of rotatable bonds is 11. The molecule has 1 heterocycles. The molecule has 0 saturated heterocycles. The normalized spacial score (nSPS) is 11.6. The number of hydrogen-bond donors (Lipinski definition) is 3. The number of hydrogen-bond acceptors (Lipinski definition) is 6. The molecule has 0 fully saturated rings. The van der Waals surface area contributed by atoms with Gasteiger partial charge in [0.25, 0.3) is 5.91 Å². The molecule has 1 atom stereocenters. The van der Waals surface area contributed by atoms with Crippen LogP contribution in [0.4, 0.5) is 4.79 Å². The van der Waals surface area contributed by atoms with E-state index in [-0.39, 0.29) is 13.0 Å². The Balaban J connectivity index is 1.62. The molecule has 3 rings (SSSR count). The highest BCUT2D eigenvalue weighted by Crippen LogP contribution is 2.34. The van der Waals surface area contributed by atoms with Crippen molar-refractivity contribution in [2.45, 2.75) is 19.1 Å². The average molecular weight is 605 g/mol. The molecule has 9 nitrogen and oxygen atoms in total. The van der Waals surface area contributed by atoms with Crippen LogP contribution in [-0.4, -0.2) is 40.8 Å². The van der Waals surface area contributed by atoms with Gasteiger partial charge in [-0.1, -0.05) is 43.0 Å². The zero-order valence-electron chi connectivity index (χ0n) is 18.5. The Kier molecular flexibility index (Phi) is 10.1. The van der Waals surface area contributed by atoms with E-state index in [1.165, 1.54) is 12.5 Å². The quantitative estimate of drug-likeness (QED) is 0.169. The lowest BCUT2D eigenvalue weighted by molar-refractivity contribution is -0.123. The average Bonchev–Trinajstić information content (AvgIpc) is 3.36. The summed E-state index contributed by atoms with van der Waals surface area (Å²) in [5.74, 6) is 0.112. The van der Waals surface area contributed by atoms with Crippen molar-refractivity contribution in [3.8, 4) is 5.75 Å². The van der Waals surface area contributed by atoms with Crippen LogP contribution in [0.1, 0.15) is 16.8 Å². The van der Waals surface area contributed by atoms with Crippen LogP contribution in [0, 0.1) is 0 Å². The van der Waals surface area contributed by atoms with Crippen molar-refractivity contribution in [3.63, 3.8) is 0 Å². The second kappa shape index (κ2) is 13.4. The van der Waals surface area contributed by atoms with E-state index in [9.17, 15) is 9.59 Å². The zero-order valence-corrected chi connectivity index (χ0v) is 21.7. The van der Waals surface area contributed by atoms with Crippen molar-refractivity contribution in [1.29, 1.82) is 0 Å². The summed E-state index contributed by atoms with van der Waals surface area (Å²) in [5, 5.41) is 6.61. The maximum absolute atomic E-state index is 12.8. The molecule has 0 radical (unpaired) electrons. The Morgan fingerprint density at radius 3 is 2.60 bits per heavy atom. The fourth-order valence-electron chi connectivity index (χ4n) is 2.92. The molecule has 2 amide bonds. The van der Waals surface area contributed by atoms with Crippen LogP contribution in [0.3, 0.4) is 0 Å². The predicted octanol–water partition coefficient (Wildman–Crippen LogP) is 4.49. The molecule has 1 aromatic heterocycles. The van der Waals surface area contributed by atoms with Crippen molar-refractivity contribution in [2.24, 2.45) is 5.10 Å². The smallest absolute Gasteiger partial charge is 0.408 e. The first kappa shape index (κ1) is 26.2. The maximum Gasteiger partial charge on any atom is 0.408 e. The number of carbonyl (C=O) groups excluding carboxylic acids is 2. The summed E-state index contributed by atoms with van der Waals surface area (Å²) in [6, 6.07) is 11.9. The Labute approximate surface area is 219 Å². The lowest BCUT2D eigenvalue weighted by atomic mass is 10.1. The standard InChI is InChI=1S/C24H23Br2N5O4/c1-2-8-34-22-19(25)9-17(10-20(22)26)12-29-31-23(32)21(11-18-13-27-15-28-18)30-24(33)35-14-16-6-4-3-5-7-16/h2-7,9-10,12-13,15,21H,1,8,11,14H2,(H,27,28)(H,30,33)(H,31,32)/b29-12-/t21-/m0/s1. The van der Waals surface area contributed by atoms with Crippen LogP contribution < -0.4 is 15.5 Å². The van der Waals surface area contributed by atoms with Crippen molar-refractivity contribution in [1.82, 2.24) is 20.7 Å². The van der Waals surface area contributed by atoms with E-state index in [4.69, 9.17) is 9.47 Å². The third kappa shape index (κ3) is 8.37. The van der Waals surface area contributed by atoms with E-state index in [2.05, 4.69) is 64.3 Å². The summed E-state index contributed by atoms with van der Waals surface area (Å²) < 4.78 is 12.3. The second-order valence-corrected chi connectivity index (χ2v) is 8.90. The number of H-pyrrole nitrogens is 1. The monoisotopic (exact) mass is 603 g/mol. The SMILES string of the molecule is C=CCOc1c(Br)cc(/C=N\NC(=O)[C@H](Cc2cnc[nH]2)NC(=O)OCc2ccccc2)cc1Br.